The summed E-state index contributed by atoms with van der Waals surface area (Å²) >= 11 is 0. The average molecular weight is 279 g/mol. The van der Waals surface area contributed by atoms with Crippen molar-refractivity contribution in [3.8, 4) is 0 Å². The highest BCUT2D eigenvalue weighted by Gasteiger charge is 2.32. The van der Waals surface area contributed by atoms with Crippen LogP contribution in [0.1, 0.15) is 17.9 Å². The molecule has 1 heterocycles. The van der Waals surface area contributed by atoms with Crippen molar-refractivity contribution < 1.29 is 19.4 Å². The maximum Gasteiger partial charge on any atom is 0.312 e. The smallest absolute Gasteiger partial charge is 0.312 e. The van der Waals surface area contributed by atoms with E-state index in [0.29, 0.717) is 26.4 Å². The number of hydrogen-bond donors (Lipinski definition) is 1. The van der Waals surface area contributed by atoms with Crippen molar-refractivity contribution in [3.05, 3.63) is 29.8 Å². The van der Waals surface area contributed by atoms with Gasteiger partial charge in [0.2, 0.25) is 0 Å². The monoisotopic (exact) mass is 279 g/mol. The molecule has 0 radical (unpaired) electrons. The molecule has 1 aromatic carbocycles. The standard InChI is InChI=1S/C15H21NO4/c1-19-9-10-20-8-4-7-16-11-13(15(17)18)12-5-2-3-6-14(12)16/h2-3,5-6,13H,4,7-11H2,1H3,(H,17,18). The second-order valence-electron chi connectivity index (χ2n) is 4.85. The van der Waals surface area contributed by atoms with Gasteiger partial charge in [0.25, 0.3) is 0 Å². The number of aliphatic carboxylic acids is 1. The third kappa shape index (κ3) is 3.49. The molecule has 5 heteroatoms. The number of carboxylic acids is 1. The van der Waals surface area contributed by atoms with Crippen LogP contribution in [0.15, 0.2) is 24.3 Å². The van der Waals surface area contributed by atoms with E-state index in [1.807, 2.05) is 24.3 Å². The van der Waals surface area contributed by atoms with Gasteiger partial charge in [0.1, 0.15) is 5.92 Å². The molecule has 1 atom stereocenters. The summed E-state index contributed by atoms with van der Waals surface area (Å²) in [5.74, 6) is -1.17. The predicted octanol–water partition coefficient (Wildman–Crippen LogP) is 1.73. The van der Waals surface area contributed by atoms with E-state index in [0.717, 1.165) is 24.2 Å². The largest absolute Gasteiger partial charge is 0.481 e. The summed E-state index contributed by atoms with van der Waals surface area (Å²) in [5.41, 5.74) is 1.96. The van der Waals surface area contributed by atoms with Crippen LogP contribution in [0.5, 0.6) is 0 Å². The SMILES string of the molecule is COCCOCCCN1CC(C(=O)O)c2ccccc21. The van der Waals surface area contributed by atoms with Gasteiger partial charge in [-0.2, -0.15) is 0 Å². The molecule has 20 heavy (non-hydrogen) atoms. The van der Waals surface area contributed by atoms with Crippen molar-refractivity contribution >= 4 is 11.7 Å². The topological polar surface area (TPSA) is 59.0 Å². The number of benzene rings is 1. The Morgan fingerprint density at radius 1 is 1.35 bits per heavy atom. The fourth-order valence-corrected chi connectivity index (χ4v) is 2.51. The molecule has 1 aromatic rings. The second kappa shape index (κ2) is 7.26. The van der Waals surface area contributed by atoms with Gasteiger partial charge in [0.05, 0.1) is 13.2 Å². The molecule has 110 valence electrons. The summed E-state index contributed by atoms with van der Waals surface area (Å²) in [6.07, 6.45) is 0.879. The van der Waals surface area contributed by atoms with Crippen LogP contribution in [0.25, 0.3) is 0 Å². The number of ether oxygens (including phenoxy) is 2. The number of para-hydroxylation sites is 1. The Balaban J connectivity index is 1.86. The van der Waals surface area contributed by atoms with Crippen LogP contribution in [0.3, 0.4) is 0 Å². The highest BCUT2D eigenvalue weighted by molar-refractivity contribution is 5.82. The van der Waals surface area contributed by atoms with Crippen molar-refractivity contribution in [2.45, 2.75) is 12.3 Å². The van der Waals surface area contributed by atoms with Crippen LogP contribution in [0, 0.1) is 0 Å². The zero-order valence-corrected chi connectivity index (χ0v) is 11.7. The summed E-state index contributed by atoms with van der Waals surface area (Å²) in [4.78, 5) is 13.4. The van der Waals surface area contributed by atoms with Gasteiger partial charge in [-0.15, -0.1) is 0 Å². The molecular weight excluding hydrogens is 258 g/mol. The first kappa shape index (κ1) is 14.8. The van der Waals surface area contributed by atoms with E-state index in [4.69, 9.17) is 9.47 Å². The van der Waals surface area contributed by atoms with Crippen molar-refractivity contribution in [1.82, 2.24) is 0 Å². The Kier molecular flexibility index (Phi) is 5.38. The normalized spacial score (nSPS) is 17.2. The molecular formula is C15H21NO4. The molecule has 0 saturated heterocycles. The third-order valence-electron chi connectivity index (χ3n) is 3.50. The summed E-state index contributed by atoms with van der Waals surface area (Å²) in [7, 11) is 1.65. The van der Waals surface area contributed by atoms with Crippen LogP contribution in [-0.2, 0) is 14.3 Å². The molecule has 1 unspecified atom stereocenters. The molecule has 0 fully saturated rings. The molecule has 0 aliphatic carbocycles. The van der Waals surface area contributed by atoms with E-state index in [1.165, 1.54) is 0 Å². The lowest BCUT2D eigenvalue weighted by Crippen LogP contribution is -2.26. The Bertz CT molecular complexity index is 449. The van der Waals surface area contributed by atoms with Crippen LogP contribution in [0.4, 0.5) is 5.69 Å². The van der Waals surface area contributed by atoms with Gasteiger partial charge >= 0.3 is 5.97 Å². The second-order valence-corrected chi connectivity index (χ2v) is 4.85. The molecule has 5 nitrogen and oxygen atoms in total. The van der Waals surface area contributed by atoms with Crippen molar-refractivity contribution in [2.24, 2.45) is 0 Å². The molecule has 1 aliphatic rings. The molecule has 0 bridgehead atoms. The van der Waals surface area contributed by atoms with E-state index in [9.17, 15) is 9.90 Å². The van der Waals surface area contributed by atoms with E-state index >= 15 is 0 Å². The minimum absolute atomic E-state index is 0.416. The van der Waals surface area contributed by atoms with Crippen LogP contribution >= 0.6 is 0 Å². The zero-order chi connectivity index (χ0) is 14.4. The van der Waals surface area contributed by atoms with E-state index in [1.54, 1.807) is 7.11 Å². The first-order valence-corrected chi connectivity index (χ1v) is 6.87. The first-order chi connectivity index (χ1) is 9.74. The van der Waals surface area contributed by atoms with E-state index in [-0.39, 0.29) is 0 Å². The number of fused-ring (bicyclic) bond motifs is 1. The van der Waals surface area contributed by atoms with Gasteiger partial charge < -0.3 is 19.5 Å². The van der Waals surface area contributed by atoms with Gasteiger partial charge in [-0.25, -0.2) is 0 Å². The van der Waals surface area contributed by atoms with Gasteiger partial charge in [-0.1, -0.05) is 18.2 Å². The predicted molar refractivity (Wildman–Crippen MR) is 76.3 cm³/mol. The lowest BCUT2D eigenvalue weighted by molar-refractivity contribution is -0.138. The molecule has 1 aliphatic heterocycles. The molecule has 2 rings (SSSR count). The molecule has 0 spiro atoms. The van der Waals surface area contributed by atoms with Gasteiger partial charge in [0.15, 0.2) is 0 Å². The fraction of sp³-hybridized carbons (Fsp3) is 0.533. The van der Waals surface area contributed by atoms with Crippen LogP contribution < -0.4 is 4.90 Å². The highest BCUT2D eigenvalue weighted by Crippen LogP contribution is 2.36. The average Bonchev–Trinajstić information content (AvgIpc) is 2.82. The Morgan fingerprint density at radius 2 is 2.15 bits per heavy atom. The minimum Gasteiger partial charge on any atom is -0.481 e. The van der Waals surface area contributed by atoms with Crippen molar-refractivity contribution in [3.63, 3.8) is 0 Å². The first-order valence-electron chi connectivity index (χ1n) is 6.87. The summed E-state index contributed by atoms with van der Waals surface area (Å²) < 4.78 is 10.3. The maximum atomic E-state index is 11.3. The van der Waals surface area contributed by atoms with Crippen LogP contribution in [0.2, 0.25) is 0 Å². The van der Waals surface area contributed by atoms with Crippen molar-refractivity contribution in [1.29, 1.82) is 0 Å². The van der Waals surface area contributed by atoms with Gasteiger partial charge in [-0.05, 0) is 18.1 Å². The summed E-state index contributed by atoms with van der Waals surface area (Å²) in [6, 6.07) is 7.74. The van der Waals surface area contributed by atoms with Crippen molar-refractivity contribution in [2.75, 3.05) is 44.9 Å². The fourth-order valence-electron chi connectivity index (χ4n) is 2.51. The number of anilines is 1. The summed E-state index contributed by atoms with van der Waals surface area (Å²) in [6.45, 7) is 3.23. The Hall–Kier alpha value is -1.59. The third-order valence-corrected chi connectivity index (χ3v) is 3.50. The number of carbonyl (C=O) groups is 1. The number of hydrogen-bond acceptors (Lipinski definition) is 4. The zero-order valence-electron chi connectivity index (χ0n) is 11.7. The number of nitrogens with zero attached hydrogens (tertiary/aromatic N) is 1. The molecule has 0 aromatic heterocycles. The Morgan fingerprint density at radius 3 is 2.90 bits per heavy atom. The molecule has 0 amide bonds. The number of rotatable bonds is 8. The summed E-state index contributed by atoms with van der Waals surface area (Å²) in [5, 5.41) is 9.28. The minimum atomic E-state index is -0.753. The molecule has 1 N–H and O–H groups in total. The number of carboxylic acid groups (broad SMARTS) is 1. The maximum absolute atomic E-state index is 11.3. The number of methoxy groups -OCH3 is 1. The molecule has 0 saturated carbocycles. The van der Waals surface area contributed by atoms with Crippen LogP contribution in [-0.4, -0.2) is 51.1 Å². The van der Waals surface area contributed by atoms with E-state index < -0.39 is 11.9 Å². The van der Waals surface area contributed by atoms with E-state index in [2.05, 4.69) is 4.90 Å². The lowest BCUT2D eigenvalue weighted by Gasteiger charge is -2.19. The van der Waals surface area contributed by atoms with Gasteiger partial charge in [0, 0.05) is 32.5 Å². The Labute approximate surface area is 119 Å². The highest BCUT2D eigenvalue weighted by atomic mass is 16.5. The lowest BCUT2D eigenvalue weighted by atomic mass is 10.0. The quantitative estimate of drug-likeness (QED) is 0.734. The van der Waals surface area contributed by atoms with Gasteiger partial charge in [-0.3, -0.25) is 4.79 Å².